The smallest absolute Gasteiger partial charge is 0.322 e. The third-order valence-electron chi connectivity index (χ3n) is 2.52. The Labute approximate surface area is 101 Å². The van der Waals surface area contributed by atoms with Gasteiger partial charge in [-0.1, -0.05) is 0 Å². The average molecular weight is 238 g/mol. The predicted molar refractivity (Wildman–Crippen MR) is 65.6 cm³/mol. The van der Waals surface area contributed by atoms with Crippen molar-refractivity contribution in [2.75, 3.05) is 50.1 Å². The fourth-order valence-electron chi connectivity index (χ4n) is 1.68. The number of rotatable bonds is 4. The van der Waals surface area contributed by atoms with Crippen LogP contribution in [0.4, 0.5) is 11.9 Å². The van der Waals surface area contributed by atoms with Gasteiger partial charge in [-0.3, -0.25) is 0 Å². The first-order chi connectivity index (χ1) is 8.33. The first-order valence-electron chi connectivity index (χ1n) is 5.83. The van der Waals surface area contributed by atoms with Crippen molar-refractivity contribution in [3.8, 4) is 6.01 Å². The van der Waals surface area contributed by atoms with Crippen molar-refractivity contribution in [3.63, 3.8) is 0 Å². The molecule has 1 aromatic heterocycles. The number of hydrogen-bond acceptors (Lipinski definition) is 7. The summed E-state index contributed by atoms with van der Waals surface area (Å²) >= 11 is 0. The highest BCUT2D eigenvalue weighted by Gasteiger charge is 2.15. The third kappa shape index (κ3) is 2.94. The van der Waals surface area contributed by atoms with Crippen molar-refractivity contribution in [1.29, 1.82) is 0 Å². The zero-order valence-electron chi connectivity index (χ0n) is 10.2. The maximum Gasteiger partial charge on any atom is 0.322 e. The Balaban J connectivity index is 2.21. The quantitative estimate of drug-likeness (QED) is 0.747. The average Bonchev–Trinajstić information content (AvgIpc) is 2.40. The fraction of sp³-hybridized carbons (Fsp3) is 0.700. The minimum Gasteiger partial charge on any atom is -0.467 e. The molecule has 2 rings (SSSR count). The van der Waals surface area contributed by atoms with Crippen LogP contribution in [0.3, 0.4) is 0 Å². The Morgan fingerprint density at radius 2 is 2.06 bits per heavy atom. The number of ether oxygens (including phenoxy) is 1. The number of nitrogens with one attached hydrogen (secondary N) is 2. The second-order valence-corrected chi connectivity index (χ2v) is 3.71. The molecular formula is C10H18N6O. The molecule has 7 heteroatoms. The molecular weight excluding hydrogens is 220 g/mol. The van der Waals surface area contributed by atoms with Gasteiger partial charge in [0.1, 0.15) is 0 Å². The molecule has 2 N–H and O–H groups in total. The Morgan fingerprint density at radius 1 is 1.29 bits per heavy atom. The molecule has 0 bridgehead atoms. The van der Waals surface area contributed by atoms with Gasteiger partial charge in [-0.25, -0.2) is 0 Å². The van der Waals surface area contributed by atoms with Gasteiger partial charge in [-0.15, -0.1) is 0 Å². The van der Waals surface area contributed by atoms with Gasteiger partial charge in [-0.05, 0) is 6.92 Å². The van der Waals surface area contributed by atoms with Gasteiger partial charge < -0.3 is 20.3 Å². The number of piperazine rings is 1. The van der Waals surface area contributed by atoms with E-state index in [2.05, 4.69) is 30.5 Å². The Hall–Kier alpha value is -1.63. The monoisotopic (exact) mass is 238 g/mol. The van der Waals surface area contributed by atoms with Crippen LogP contribution in [0.1, 0.15) is 6.92 Å². The molecule has 1 fully saturated rings. The van der Waals surface area contributed by atoms with E-state index in [0.717, 1.165) is 32.7 Å². The van der Waals surface area contributed by atoms with E-state index in [0.29, 0.717) is 17.9 Å². The minimum atomic E-state index is 0.351. The van der Waals surface area contributed by atoms with E-state index in [-0.39, 0.29) is 0 Å². The SMILES string of the molecule is CCNc1nc(OC)nc(N2CCNCC2)n1. The predicted octanol–water partition coefficient (Wildman–Crippen LogP) is -0.278. The van der Waals surface area contributed by atoms with Gasteiger partial charge in [-0.2, -0.15) is 15.0 Å². The molecule has 0 saturated carbocycles. The van der Waals surface area contributed by atoms with Crippen LogP contribution in [0.5, 0.6) is 6.01 Å². The summed E-state index contributed by atoms with van der Waals surface area (Å²) in [6.07, 6.45) is 0. The van der Waals surface area contributed by atoms with E-state index in [1.807, 2.05) is 6.92 Å². The molecule has 0 unspecified atom stereocenters. The fourth-order valence-corrected chi connectivity index (χ4v) is 1.68. The van der Waals surface area contributed by atoms with Crippen molar-refractivity contribution < 1.29 is 4.74 Å². The molecule has 0 atom stereocenters. The largest absolute Gasteiger partial charge is 0.467 e. The number of hydrogen-bond donors (Lipinski definition) is 2. The zero-order valence-corrected chi connectivity index (χ0v) is 10.2. The van der Waals surface area contributed by atoms with Crippen molar-refractivity contribution in [2.45, 2.75) is 6.92 Å². The summed E-state index contributed by atoms with van der Waals surface area (Å²) in [5.74, 6) is 1.24. The second kappa shape index (κ2) is 5.62. The summed E-state index contributed by atoms with van der Waals surface area (Å²) in [6.45, 7) is 6.47. The topological polar surface area (TPSA) is 75.2 Å². The summed E-state index contributed by atoms with van der Waals surface area (Å²) in [6, 6.07) is 0.351. The molecule has 1 saturated heterocycles. The highest BCUT2D eigenvalue weighted by atomic mass is 16.5. The lowest BCUT2D eigenvalue weighted by molar-refractivity contribution is 0.378. The molecule has 0 amide bonds. The highest BCUT2D eigenvalue weighted by Crippen LogP contribution is 2.14. The lowest BCUT2D eigenvalue weighted by atomic mass is 10.4. The van der Waals surface area contributed by atoms with Crippen LogP contribution >= 0.6 is 0 Å². The van der Waals surface area contributed by atoms with Gasteiger partial charge in [0.2, 0.25) is 11.9 Å². The molecule has 0 spiro atoms. The first kappa shape index (κ1) is 11.8. The van der Waals surface area contributed by atoms with Crippen LogP contribution < -0.4 is 20.3 Å². The zero-order chi connectivity index (χ0) is 12.1. The van der Waals surface area contributed by atoms with Crippen molar-refractivity contribution in [1.82, 2.24) is 20.3 Å². The van der Waals surface area contributed by atoms with Gasteiger partial charge in [0.05, 0.1) is 7.11 Å². The van der Waals surface area contributed by atoms with Crippen LogP contribution in [0.25, 0.3) is 0 Å². The summed E-state index contributed by atoms with van der Waals surface area (Å²) in [7, 11) is 1.56. The van der Waals surface area contributed by atoms with Crippen molar-refractivity contribution >= 4 is 11.9 Å². The van der Waals surface area contributed by atoms with E-state index < -0.39 is 0 Å². The number of aromatic nitrogens is 3. The molecule has 7 nitrogen and oxygen atoms in total. The van der Waals surface area contributed by atoms with Gasteiger partial charge in [0.15, 0.2) is 0 Å². The van der Waals surface area contributed by atoms with E-state index in [9.17, 15) is 0 Å². The van der Waals surface area contributed by atoms with Crippen LogP contribution in [0.2, 0.25) is 0 Å². The Kier molecular flexibility index (Phi) is 3.92. The van der Waals surface area contributed by atoms with Gasteiger partial charge in [0.25, 0.3) is 0 Å². The normalized spacial score (nSPS) is 15.8. The van der Waals surface area contributed by atoms with Crippen LogP contribution in [0.15, 0.2) is 0 Å². The van der Waals surface area contributed by atoms with Crippen LogP contribution in [-0.2, 0) is 0 Å². The Bertz CT molecular complexity index is 366. The van der Waals surface area contributed by atoms with E-state index >= 15 is 0 Å². The number of methoxy groups -OCH3 is 1. The van der Waals surface area contributed by atoms with E-state index in [1.54, 1.807) is 7.11 Å². The summed E-state index contributed by atoms with van der Waals surface area (Å²) in [4.78, 5) is 14.9. The molecule has 94 valence electrons. The maximum atomic E-state index is 5.09. The van der Waals surface area contributed by atoms with Crippen molar-refractivity contribution in [2.24, 2.45) is 0 Å². The molecule has 1 aliphatic heterocycles. The van der Waals surface area contributed by atoms with Gasteiger partial charge >= 0.3 is 6.01 Å². The summed E-state index contributed by atoms with van der Waals surface area (Å²) < 4.78 is 5.09. The summed E-state index contributed by atoms with van der Waals surface area (Å²) in [5.41, 5.74) is 0. The number of anilines is 2. The molecule has 1 aliphatic rings. The standard InChI is InChI=1S/C10H18N6O/c1-3-12-8-13-9(15-10(14-8)17-2)16-6-4-11-5-7-16/h11H,3-7H2,1-2H3,(H,12,13,14,15). The lowest BCUT2D eigenvalue weighted by Gasteiger charge is -2.27. The lowest BCUT2D eigenvalue weighted by Crippen LogP contribution is -2.44. The van der Waals surface area contributed by atoms with E-state index in [4.69, 9.17) is 4.74 Å². The number of nitrogens with zero attached hydrogens (tertiary/aromatic N) is 4. The molecule has 1 aromatic rings. The third-order valence-corrected chi connectivity index (χ3v) is 2.52. The second-order valence-electron chi connectivity index (χ2n) is 3.71. The van der Waals surface area contributed by atoms with Gasteiger partial charge in [0, 0.05) is 32.7 Å². The first-order valence-corrected chi connectivity index (χ1v) is 5.83. The molecule has 2 heterocycles. The maximum absolute atomic E-state index is 5.09. The Morgan fingerprint density at radius 3 is 2.71 bits per heavy atom. The molecule has 0 aromatic carbocycles. The van der Waals surface area contributed by atoms with E-state index in [1.165, 1.54) is 0 Å². The van der Waals surface area contributed by atoms with Crippen molar-refractivity contribution in [3.05, 3.63) is 0 Å². The minimum absolute atomic E-state index is 0.351. The summed E-state index contributed by atoms with van der Waals surface area (Å²) in [5, 5.41) is 6.37. The highest BCUT2D eigenvalue weighted by molar-refractivity contribution is 5.38. The van der Waals surface area contributed by atoms with Crippen LogP contribution in [-0.4, -0.2) is 54.8 Å². The molecule has 17 heavy (non-hydrogen) atoms. The molecule has 0 radical (unpaired) electrons. The molecule has 0 aliphatic carbocycles. The van der Waals surface area contributed by atoms with Crippen LogP contribution in [0, 0.1) is 0 Å².